The van der Waals surface area contributed by atoms with Gasteiger partial charge in [0.2, 0.25) is 11.8 Å². The Kier molecular flexibility index (Phi) is 11.2. The van der Waals surface area contributed by atoms with E-state index in [4.69, 9.17) is 16.3 Å². The molecule has 1 aliphatic rings. The molecule has 1 aliphatic carbocycles. The molecule has 8 nitrogen and oxygen atoms in total. The van der Waals surface area contributed by atoms with Crippen molar-refractivity contribution >= 4 is 39.1 Å². The summed E-state index contributed by atoms with van der Waals surface area (Å²) in [6, 6.07) is 26.0. The average molecular weight is 678 g/mol. The Morgan fingerprint density at radius 2 is 1.55 bits per heavy atom. The normalized spacial score (nSPS) is 13.9. The maximum atomic E-state index is 14.6. The number of hydrogen-bond acceptors (Lipinski definition) is 5. The van der Waals surface area contributed by atoms with Gasteiger partial charge in [-0.15, -0.1) is 0 Å². The minimum absolute atomic E-state index is 0.01000. The molecule has 1 N–H and O–H groups in total. The molecule has 0 radical (unpaired) electrons. The van der Waals surface area contributed by atoms with Crippen LogP contribution in [0.1, 0.15) is 36.8 Å². The van der Waals surface area contributed by atoms with E-state index in [1.165, 1.54) is 48.4 Å². The fourth-order valence-electron chi connectivity index (χ4n) is 5.74. The fraction of sp³-hybridized carbons (Fsp3) is 0.278. The number of anilines is 1. The van der Waals surface area contributed by atoms with Crippen LogP contribution < -0.4 is 14.4 Å². The second-order valence-corrected chi connectivity index (χ2v) is 13.7. The molecule has 0 unspecified atom stereocenters. The Balaban J connectivity index is 1.56. The maximum Gasteiger partial charge on any atom is 0.264 e. The van der Waals surface area contributed by atoms with Crippen molar-refractivity contribution in [1.29, 1.82) is 0 Å². The first kappa shape index (κ1) is 33.9. The Morgan fingerprint density at radius 3 is 2.19 bits per heavy atom. The van der Waals surface area contributed by atoms with Crippen molar-refractivity contribution in [1.82, 2.24) is 10.2 Å². The van der Waals surface area contributed by atoms with Crippen LogP contribution >= 0.6 is 11.6 Å². The van der Waals surface area contributed by atoms with Gasteiger partial charge in [-0.1, -0.05) is 73.0 Å². The Labute approximate surface area is 280 Å². The molecule has 4 aromatic carbocycles. The minimum Gasteiger partial charge on any atom is -0.497 e. The lowest BCUT2D eigenvalue weighted by molar-refractivity contribution is -0.140. The molecule has 0 aliphatic heterocycles. The van der Waals surface area contributed by atoms with E-state index in [-0.39, 0.29) is 35.5 Å². The highest BCUT2D eigenvalue weighted by Crippen LogP contribution is 2.28. The fourth-order valence-corrected chi connectivity index (χ4v) is 7.35. The van der Waals surface area contributed by atoms with Gasteiger partial charge in [-0.3, -0.25) is 13.9 Å². The quantitative estimate of drug-likeness (QED) is 0.177. The second kappa shape index (κ2) is 15.5. The van der Waals surface area contributed by atoms with E-state index in [2.05, 4.69) is 5.32 Å². The molecular formula is C36H37ClFN3O5S. The number of nitrogens with one attached hydrogen (secondary N) is 1. The molecular weight excluding hydrogens is 641 g/mol. The van der Waals surface area contributed by atoms with Crippen molar-refractivity contribution in [3.8, 4) is 5.75 Å². The average Bonchev–Trinajstić information content (AvgIpc) is 3.60. The molecule has 1 fully saturated rings. The summed E-state index contributed by atoms with van der Waals surface area (Å²) < 4.78 is 48.4. The van der Waals surface area contributed by atoms with E-state index in [1.807, 2.05) is 30.3 Å². The van der Waals surface area contributed by atoms with Crippen molar-refractivity contribution in [2.45, 2.75) is 55.6 Å². The van der Waals surface area contributed by atoms with Crippen LogP contribution in [0.3, 0.4) is 0 Å². The molecule has 2 amide bonds. The lowest BCUT2D eigenvalue weighted by Crippen LogP contribution is -2.54. The van der Waals surface area contributed by atoms with Crippen molar-refractivity contribution in [3.05, 3.63) is 125 Å². The minimum atomic E-state index is -4.34. The number of methoxy groups -OCH3 is 1. The zero-order chi connectivity index (χ0) is 33.4. The van der Waals surface area contributed by atoms with E-state index >= 15 is 0 Å². The van der Waals surface area contributed by atoms with Crippen molar-refractivity contribution < 1.29 is 27.1 Å². The van der Waals surface area contributed by atoms with Gasteiger partial charge in [-0.2, -0.15) is 0 Å². The van der Waals surface area contributed by atoms with Crippen LogP contribution in [0.2, 0.25) is 5.02 Å². The number of rotatable bonds is 13. The highest BCUT2D eigenvalue weighted by atomic mass is 35.5. The third kappa shape index (κ3) is 8.50. The van der Waals surface area contributed by atoms with Crippen molar-refractivity contribution in [3.63, 3.8) is 0 Å². The number of amides is 2. The molecule has 0 heterocycles. The number of hydrogen-bond donors (Lipinski definition) is 1. The molecule has 11 heteroatoms. The summed E-state index contributed by atoms with van der Waals surface area (Å²) in [6.07, 6.45) is 3.90. The summed E-state index contributed by atoms with van der Waals surface area (Å²) in [4.78, 5) is 29.9. The topological polar surface area (TPSA) is 96.0 Å². The van der Waals surface area contributed by atoms with Crippen molar-refractivity contribution in [2.75, 3.05) is 18.0 Å². The molecule has 4 aromatic rings. The van der Waals surface area contributed by atoms with Crippen LogP contribution in [-0.4, -0.2) is 50.9 Å². The predicted molar refractivity (Wildman–Crippen MR) is 180 cm³/mol. The van der Waals surface area contributed by atoms with E-state index < -0.39 is 34.3 Å². The lowest BCUT2D eigenvalue weighted by atomic mass is 10.0. The number of nitrogens with zero attached hydrogens (tertiary/aromatic N) is 2. The summed E-state index contributed by atoms with van der Waals surface area (Å²) in [5, 5.41) is 3.55. The molecule has 246 valence electrons. The molecule has 0 spiro atoms. The summed E-state index contributed by atoms with van der Waals surface area (Å²) in [5.41, 5.74) is 1.51. The largest absolute Gasteiger partial charge is 0.497 e. The zero-order valence-electron chi connectivity index (χ0n) is 26.0. The summed E-state index contributed by atoms with van der Waals surface area (Å²) in [5.74, 6) is -1.06. The predicted octanol–water partition coefficient (Wildman–Crippen LogP) is 6.38. The van der Waals surface area contributed by atoms with Gasteiger partial charge in [0.1, 0.15) is 24.2 Å². The van der Waals surface area contributed by atoms with Gasteiger partial charge in [0, 0.05) is 24.0 Å². The molecule has 1 saturated carbocycles. The van der Waals surface area contributed by atoms with Gasteiger partial charge in [0.05, 0.1) is 17.7 Å². The first-order chi connectivity index (χ1) is 22.7. The Hall–Kier alpha value is -4.41. The van der Waals surface area contributed by atoms with Crippen LogP contribution in [-0.2, 0) is 32.6 Å². The third-order valence-corrected chi connectivity index (χ3v) is 10.5. The SMILES string of the molecule is COc1ccc(S(=O)(=O)N(CC(=O)N(Cc2ccccc2Cl)[C@H](Cc2ccccc2)C(=O)NC2CCCC2)c2ccc(F)cc2)cc1. The maximum absolute atomic E-state index is 14.6. The monoisotopic (exact) mass is 677 g/mol. The third-order valence-electron chi connectivity index (χ3n) is 8.31. The molecule has 0 bridgehead atoms. The van der Waals surface area contributed by atoms with E-state index in [0.29, 0.717) is 16.3 Å². The van der Waals surface area contributed by atoms with Crippen LogP contribution in [0.4, 0.5) is 10.1 Å². The van der Waals surface area contributed by atoms with Crippen LogP contribution in [0.25, 0.3) is 0 Å². The number of benzene rings is 4. The van der Waals surface area contributed by atoms with Gasteiger partial charge >= 0.3 is 0 Å². The highest BCUT2D eigenvalue weighted by Gasteiger charge is 2.36. The molecule has 0 aromatic heterocycles. The standard InChI is InChI=1S/C36H37ClFN3O5S/c1-46-31-19-21-32(22-20-31)47(44,45)41(30-17-15-28(38)16-18-30)25-35(42)40(24-27-11-5-8-14-33(27)37)34(23-26-9-3-2-4-10-26)36(43)39-29-12-6-7-13-29/h2-5,8-11,14-22,29,34H,6-7,12-13,23-25H2,1H3,(H,39,43)/t34-/m1/s1. The molecule has 0 saturated heterocycles. The van der Waals surface area contributed by atoms with Gasteiger partial charge < -0.3 is 15.0 Å². The number of halogens is 2. The van der Waals surface area contributed by atoms with Gasteiger partial charge in [-0.25, -0.2) is 12.8 Å². The zero-order valence-corrected chi connectivity index (χ0v) is 27.6. The Morgan fingerprint density at radius 1 is 0.915 bits per heavy atom. The van der Waals surface area contributed by atoms with Gasteiger partial charge in [-0.05, 0) is 78.6 Å². The van der Waals surface area contributed by atoms with Crippen LogP contribution in [0.15, 0.2) is 108 Å². The Bertz CT molecular complexity index is 1770. The van der Waals surface area contributed by atoms with Gasteiger partial charge in [0.15, 0.2) is 0 Å². The van der Waals surface area contributed by atoms with Crippen LogP contribution in [0.5, 0.6) is 5.75 Å². The number of sulfonamides is 1. The van der Waals surface area contributed by atoms with Crippen LogP contribution in [0, 0.1) is 5.82 Å². The smallest absolute Gasteiger partial charge is 0.264 e. The molecule has 5 rings (SSSR count). The molecule has 47 heavy (non-hydrogen) atoms. The molecule has 1 atom stereocenters. The summed E-state index contributed by atoms with van der Waals surface area (Å²) in [7, 11) is -2.88. The first-order valence-corrected chi connectivity index (χ1v) is 17.3. The number of ether oxygens (including phenoxy) is 1. The second-order valence-electron chi connectivity index (χ2n) is 11.5. The van der Waals surface area contributed by atoms with E-state index in [1.54, 1.807) is 24.3 Å². The van der Waals surface area contributed by atoms with E-state index in [0.717, 1.165) is 47.7 Å². The number of carbonyl (C=O) groups excluding carboxylic acids is 2. The van der Waals surface area contributed by atoms with Crippen molar-refractivity contribution in [2.24, 2.45) is 0 Å². The van der Waals surface area contributed by atoms with E-state index in [9.17, 15) is 22.4 Å². The number of carbonyl (C=O) groups is 2. The summed E-state index contributed by atoms with van der Waals surface area (Å²) >= 11 is 6.56. The highest BCUT2D eigenvalue weighted by molar-refractivity contribution is 7.92. The first-order valence-electron chi connectivity index (χ1n) is 15.5. The lowest BCUT2D eigenvalue weighted by Gasteiger charge is -2.34. The summed E-state index contributed by atoms with van der Waals surface area (Å²) in [6.45, 7) is -0.708. The van der Waals surface area contributed by atoms with Gasteiger partial charge in [0.25, 0.3) is 10.0 Å².